The molecule has 2 rings (SSSR count). The fourth-order valence-corrected chi connectivity index (χ4v) is 3.44. The van der Waals surface area contributed by atoms with Crippen molar-refractivity contribution in [3.63, 3.8) is 0 Å². The second-order valence-corrected chi connectivity index (χ2v) is 5.90. The zero-order valence-electron chi connectivity index (χ0n) is 10.0. The number of thiophene rings is 1. The molecule has 0 aliphatic heterocycles. The van der Waals surface area contributed by atoms with Crippen LogP contribution in [0.2, 0.25) is 5.02 Å². The minimum Gasteiger partial charge on any atom is -0.391 e. The fraction of sp³-hybridized carbons (Fsp3) is 0.462. The predicted molar refractivity (Wildman–Crippen MR) is 73.7 cm³/mol. The summed E-state index contributed by atoms with van der Waals surface area (Å²) >= 11 is 7.41. The fourth-order valence-electron chi connectivity index (χ4n) is 2.36. The summed E-state index contributed by atoms with van der Waals surface area (Å²) in [6.45, 7) is 4.02. The van der Waals surface area contributed by atoms with Crippen LogP contribution in [-0.2, 0) is 11.3 Å². The van der Waals surface area contributed by atoms with Crippen LogP contribution in [0.1, 0.15) is 24.1 Å². The van der Waals surface area contributed by atoms with Gasteiger partial charge in [0.25, 0.3) is 0 Å². The molecular weight excluding hydrogens is 270 g/mol. The van der Waals surface area contributed by atoms with Gasteiger partial charge in [0.05, 0.1) is 23.7 Å². The standard InChI is InChI=1S/C13H16ClNO2S/c1-2-13(17)15(11-4-3-5-12(11)16)7-10-6-9(14)8-18-10/h2,6,8,11-12,16H,1,3-5,7H2/t11-,12-/m1/s1. The Kier molecular flexibility index (Phi) is 4.43. The molecule has 0 aromatic carbocycles. The Morgan fingerprint density at radius 2 is 2.44 bits per heavy atom. The van der Waals surface area contributed by atoms with Crippen molar-refractivity contribution in [2.24, 2.45) is 0 Å². The van der Waals surface area contributed by atoms with Crippen LogP contribution in [0.5, 0.6) is 0 Å². The van der Waals surface area contributed by atoms with Gasteiger partial charge in [0.2, 0.25) is 5.91 Å². The average molecular weight is 286 g/mol. The molecule has 18 heavy (non-hydrogen) atoms. The van der Waals surface area contributed by atoms with Crippen LogP contribution in [0.25, 0.3) is 0 Å². The van der Waals surface area contributed by atoms with Crippen LogP contribution in [0, 0.1) is 0 Å². The highest BCUT2D eigenvalue weighted by molar-refractivity contribution is 7.10. The lowest BCUT2D eigenvalue weighted by molar-refractivity contribution is -0.130. The van der Waals surface area contributed by atoms with Gasteiger partial charge in [-0.25, -0.2) is 0 Å². The van der Waals surface area contributed by atoms with Crippen LogP contribution in [0.3, 0.4) is 0 Å². The minimum atomic E-state index is -0.427. The van der Waals surface area contributed by atoms with E-state index in [1.54, 1.807) is 4.90 Å². The second-order valence-electron chi connectivity index (χ2n) is 4.47. The molecule has 1 aromatic rings. The Labute approximate surface area is 116 Å². The van der Waals surface area contributed by atoms with Gasteiger partial charge in [-0.15, -0.1) is 11.3 Å². The van der Waals surface area contributed by atoms with E-state index in [1.807, 2.05) is 11.4 Å². The summed E-state index contributed by atoms with van der Waals surface area (Å²) in [7, 11) is 0. The quantitative estimate of drug-likeness (QED) is 0.864. The van der Waals surface area contributed by atoms with Crippen LogP contribution in [0.15, 0.2) is 24.1 Å². The number of carbonyl (C=O) groups is 1. The van der Waals surface area contributed by atoms with Crippen LogP contribution in [0.4, 0.5) is 0 Å². The first kappa shape index (κ1) is 13.6. The summed E-state index contributed by atoms with van der Waals surface area (Å²) in [5.41, 5.74) is 0. The SMILES string of the molecule is C=CC(=O)N(Cc1cc(Cl)cs1)[C@@H]1CCC[C@H]1O. The lowest BCUT2D eigenvalue weighted by atomic mass is 10.1. The molecular formula is C13H16ClNO2S. The van der Waals surface area contributed by atoms with Crippen molar-refractivity contribution in [1.29, 1.82) is 0 Å². The topological polar surface area (TPSA) is 40.5 Å². The lowest BCUT2D eigenvalue weighted by Gasteiger charge is -2.29. The second kappa shape index (κ2) is 5.87. The van der Waals surface area contributed by atoms with Gasteiger partial charge >= 0.3 is 0 Å². The van der Waals surface area contributed by atoms with Crippen molar-refractivity contribution in [3.05, 3.63) is 34.0 Å². The van der Waals surface area contributed by atoms with Gasteiger partial charge in [-0.3, -0.25) is 4.79 Å². The molecule has 0 spiro atoms. The van der Waals surface area contributed by atoms with Crippen LogP contribution in [-0.4, -0.2) is 28.1 Å². The Hall–Kier alpha value is -0.840. The highest BCUT2D eigenvalue weighted by Gasteiger charge is 2.32. The third kappa shape index (κ3) is 2.94. The number of aliphatic hydroxyl groups excluding tert-OH is 1. The Morgan fingerprint density at radius 3 is 2.94 bits per heavy atom. The molecule has 1 amide bonds. The number of aliphatic hydroxyl groups is 1. The summed E-state index contributed by atoms with van der Waals surface area (Å²) in [4.78, 5) is 14.6. The molecule has 1 N–H and O–H groups in total. The summed E-state index contributed by atoms with van der Waals surface area (Å²) in [5, 5.41) is 12.5. The Bertz CT molecular complexity index is 446. The van der Waals surface area contributed by atoms with Gasteiger partial charge in [-0.05, 0) is 31.4 Å². The van der Waals surface area contributed by atoms with Crippen molar-refractivity contribution < 1.29 is 9.90 Å². The molecule has 0 radical (unpaired) electrons. The van der Waals surface area contributed by atoms with Crippen molar-refractivity contribution in [1.82, 2.24) is 4.90 Å². The van der Waals surface area contributed by atoms with E-state index in [0.717, 1.165) is 24.1 Å². The van der Waals surface area contributed by atoms with E-state index >= 15 is 0 Å². The first-order valence-corrected chi connectivity index (χ1v) is 7.21. The molecule has 3 nitrogen and oxygen atoms in total. The van der Waals surface area contributed by atoms with Gasteiger partial charge in [0.15, 0.2) is 0 Å². The van der Waals surface area contributed by atoms with Crippen molar-refractivity contribution in [2.45, 2.75) is 38.0 Å². The smallest absolute Gasteiger partial charge is 0.246 e. The summed E-state index contributed by atoms with van der Waals surface area (Å²) < 4.78 is 0. The zero-order chi connectivity index (χ0) is 13.1. The van der Waals surface area contributed by atoms with E-state index < -0.39 is 6.10 Å². The first-order chi connectivity index (χ1) is 8.61. The van der Waals surface area contributed by atoms with Crippen molar-refractivity contribution in [2.75, 3.05) is 0 Å². The van der Waals surface area contributed by atoms with Crippen LogP contribution >= 0.6 is 22.9 Å². The molecule has 5 heteroatoms. The number of halogens is 1. The van der Waals surface area contributed by atoms with E-state index in [2.05, 4.69) is 6.58 Å². The maximum absolute atomic E-state index is 11.9. The summed E-state index contributed by atoms with van der Waals surface area (Å²) in [6, 6.07) is 1.76. The van der Waals surface area contributed by atoms with E-state index in [9.17, 15) is 9.90 Å². The van der Waals surface area contributed by atoms with Gasteiger partial charge in [-0.2, -0.15) is 0 Å². The number of carbonyl (C=O) groups excluding carboxylic acids is 1. The monoisotopic (exact) mass is 285 g/mol. The Balaban J connectivity index is 2.14. The van der Waals surface area contributed by atoms with Gasteiger partial charge < -0.3 is 10.0 Å². The molecule has 2 atom stereocenters. The third-order valence-corrected chi connectivity index (χ3v) is 4.52. The number of hydrogen-bond acceptors (Lipinski definition) is 3. The van der Waals surface area contributed by atoms with Gasteiger partial charge in [0.1, 0.15) is 0 Å². The molecule has 0 bridgehead atoms. The molecule has 98 valence electrons. The molecule has 0 saturated heterocycles. The van der Waals surface area contributed by atoms with Gasteiger partial charge in [-0.1, -0.05) is 18.2 Å². The number of nitrogens with zero attached hydrogens (tertiary/aromatic N) is 1. The van der Waals surface area contributed by atoms with Crippen molar-refractivity contribution in [3.8, 4) is 0 Å². The summed E-state index contributed by atoms with van der Waals surface area (Å²) in [5.74, 6) is -0.134. The Morgan fingerprint density at radius 1 is 1.67 bits per heavy atom. The maximum atomic E-state index is 11.9. The minimum absolute atomic E-state index is 0.101. The zero-order valence-corrected chi connectivity index (χ0v) is 11.6. The normalized spacial score (nSPS) is 23.0. The summed E-state index contributed by atoms with van der Waals surface area (Å²) in [6.07, 6.45) is 3.44. The molecule has 1 heterocycles. The molecule has 1 aromatic heterocycles. The predicted octanol–water partition coefficient (Wildman–Crippen LogP) is 2.83. The molecule has 1 fully saturated rings. The molecule has 1 aliphatic rings. The largest absolute Gasteiger partial charge is 0.391 e. The van der Waals surface area contributed by atoms with Crippen molar-refractivity contribution >= 4 is 28.8 Å². The lowest BCUT2D eigenvalue weighted by Crippen LogP contribution is -2.43. The van der Waals surface area contributed by atoms with Gasteiger partial charge in [0, 0.05) is 10.3 Å². The molecule has 0 unspecified atom stereocenters. The highest BCUT2D eigenvalue weighted by atomic mass is 35.5. The third-order valence-electron chi connectivity index (χ3n) is 3.25. The number of rotatable bonds is 4. The number of amides is 1. The molecule has 1 saturated carbocycles. The van der Waals surface area contributed by atoms with E-state index in [1.165, 1.54) is 17.4 Å². The van der Waals surface area contributed by atoms with E-state index in [-0.39, 0.29) is 11.9 Å². The molecule has 1 aliphatic carbocycles. The van der Waals surface area contributed by atoms with E-state index in [4.69, 9.17) is 11.6 Å². The highest BCUT2D eigenvalue weighted by Crippen LogP contribution is 2.28. The first-order valence-electron chi connectivity index (χ1n) is 5.96. The van der Waals surface area contributed by atoms with E-state index in [0.29, 0.717) is 11.6 Å². The maximum Gasteiger partial charge on any atom is 0.246 e. The van der Waals surface area contributed by atoms with Crippen LogP contribution < -0.4 is 0 Å². The number of hydrogen-bond donors (Lipinski definition) is 1. The average Bonchev–Trinajstić information content (AvgIpc) is 2.94.